The van der Waals surface area contributed by atoms with Crippen molar-refractivity contribution in [1.29, 1.82) is 0 Å². The lowest BCUT2D eigenvalue weighted by Gasteiger charge is -2.22. The summed E-state index contributed by atoms with van der Waals surface area (Å²) in [4.78, 5) is 19.9. The highest BCUT2D eigenvalue weighted by atomic mass is 127. The largest absolute Gasteiger partial charge is 0.407 e. The number of likely N-dealkylation sites (N-methyl/N-ethyl adjacent to an activating group) is 1. The number of amides is 1. The number of aliphatic imine (C=N–C) groups is 1. The number of hydrogen-bond acceptors (Lipinski definition) is 4. The van der Waals surface area contributed by atoms with E-state index in [-0.39, 0.29) is 12.0 Å². The van der Waals surface area contributed by atoms with Crippen LogP contribution in [0, 0.1) is 0 Å². The number of aromatic nitrogens is 2. The summed E-state index contributed by atoms with van der Waals surface area (Å²) in [5.74, 6) is 0.0852. The number of carbonyl (C=O) groups excluding carboxylic acids is 1. The molecule has 2 aromatic carbocycles. The minimum atomic E-state index is -0.272. The molecule has 1 unspecified atom stereocenters. The predicted molar refractivity (Wildman–Crippen MR) is 151 cm³/mol. The molecule has 1 atom stereocenters. The topological polar surface area (TPSA) is 61.0 Å². The van der Waals surface area contributed by atoms with Crippen LogP contribution in [0.2, 0.25) is 0 Å². The van der Waals surface area contributed by atoms with Gasteiger partial charge < -0.3 is 21.8 Å². The fraction of sp³-hybridized carbons (Fsp3) is 0.286. The van der Waals surface area contributed by atoms with Crippen LogP contribution in [0.25, 0.3) is 33.0 Å². The average molecular weight is 594 g/mol. The Morgan fingerprint density at radius 2 is 1.58 bits per heavy atom. The maximum absolute atomic E-state index is 13.4. The van der Waals surface area contributed by atoms with Gasteiger partial charge in [0, 0.05) is 65.0 Å². The third-order valence-corrected chi connectivity index (χ3v) is 7.43. The normalized spacial score (nSPS) is 18.6. The van der Waals surface area contributed by atoms with Crippen molar-refractivity contribution in [2.24, 2.45) is 4.99 Å². The number of fused-ring (bicyclic) bond motifs is 12. The Morgan fingerprint density at radius 1 is 0.972 bits per heavy atom. The fourth-order valence-corrected chi connectivity index (χ4v) is 5.79. The first-order chi connectivity index (χ1) is 17.5. The quantitative estimate of drug-likeness (QED) is 0.301. The third kappa shape index (κ3) is 3.97. The van der Waals surface area contributed by atoms with Crippen LogP contribution >= 0.6 is 23.0 Å². The van der Waals surface area contributed by atoms with Gasteiger partial charge >= 0.3 is 0 Å². The summed E-state index contributed by atoms with van der Waals surface area (Å²) >= 11 is 1.83. The first-order valence-electron chi connectivity index (χ1n) is 12.1. The molecule has 0 radical (unpaired) electrons. The second-order valence-corrected chi connectivity index (χ2v) is 10.0. The molecule has 0 N–H and O–H groups in total. The molecule has 2 aliphatic heterocycles. The van der Waals surface area contributed by atoms with Gasteiger partial charge in [-0.3, -0.25) is 4.79 Å². The van der Waals surface area contributed by atoms with Crippen molar-refractivity contribution in [3.05, 3.63) is 72.1 Å². The molecule has 0 saturated carbocycles. The molecule has 1 amide bonds. The Bertz CT molecular complexity index is 1540. The van der Waals surface area contributed by atoms with Gasteiger partial charge in [0.05, 0.1) is 23.9 Å². The number of halogens is 1. The van der Waals surface area contributed by atoms with E-state index in [9.17, 15) is 4.79 Å². The van der Waals surface area contributed by atoms with E-state index in [1.807, 2.05) is 41.2 Å². The van der Waals surface area contributed by atoms with Gasteiger partial charge in [-0.2, -0.15) is 4.99 Å². The summed E-state index contributed by atoms with van der Waals surface area (Å²) in [7, 11) is 4.17. The highest BCUT2D eigenvalue weighted by molar-refractivity contribution is 14.1. The van der Waals surface area contributed by atoms with Crippen molar-refractivity contribution in [3.63, 3.8) is 0 Å². The summed E-state index contributed by atoms with van der Waals surface area (Å²) in [6.45, 7) is 2.95. The van der Waals surface area contributed by atoms with E-state index >= 15 is 0 Å². The molecule has 2 aliphatic rings. The van der Waals surface area contributed by atoms with Crippen LogP contribution in [0.1, 0.15) is 17.5 Å². The SMILES string of the molecule is CN(C)CC1CCn2cc(c3ccccc32)C2=C(C(=O)N=C2OI)c2cn(c3ccccc23)CCO1. The molecule has 8 heteroatoms. The fourth-order valence-electron chi connectivity index (χ4n) is 5.47. The first kappa shape index (κ1) is 23.4. The van der Waals surface area contributed by atoms with Gasteiger partial charge in [-0.25, -0.2) is 0 Å². The van der Waals surface area contributed by atoms with Crippen molar-refractivity contribution in [3.8, 4) is 0 Å². The molecule has 4 aromatic rings. The van der Waals surface area contributed by atoms with Crippen LogP contribution in [0.15, 0.2) is 65.9 Å². The average Bonchev–Trinajstić information content (AvgIpc) is 3.52. The number of para-hydroxylation sites is 2. The molecule has 36 heavy (non-hydrogen) atoms. The van der Waals surface area contributed by atoms with Crippen molar-refractivity contribution >= 4 is 67.8 Å². The second kappa shape index (κ2) is 9.49. The molecule has 4 heterocycles. The number of carbonyl (C=O) groups is 1. The summed E-state index contributed by atoms with van der Waals surface area (Å²) < 4.78 is 16.5. The number of rotatable bonds is 2. The van der Waals surface area contributed by atoms with Crippen LogP contribution in [-0.2, 0) is 25.7 Å². The van der Waals surface area contributed by atoms with E-state index in [0.29, 0.717) is 24.6 Å². The van der Waals surface area contributed by atoms with Crippen LogP contribution in [0.5, 0.6) is 0 Å². The summed E-state index contributed by atoms with van der Waals surface area (Å²) in [5, 5.41) is 2.09. The van der Waals surface area contributed by atoms with E-state index in [4.69, 9.17) is 7.80 Å². The molecule has 2 aromatic heterocycles. The Balaban J connectivity index is 1.63. The number of hydrogen-bond donors (Lipinski definition) is 0. The lowest BCUT2D eigenvalue weighted by molar-refractivity contribution is -0.112. The minimum Gasteiger partial charge on any atom is -0.407 e. The number of benzene rings is 2. The predicted octanol–water partition coefficient (Wildman–Crippen LogP) is 5.16. The standard InChI is InChI=1S/C28H27IN4O3/c1-31(2)15-18-11-12-32-17-22(20-8-4-5-9-23(20)32)26-25(27(34)30-28(26)36-29)21-16-33(13-14-35-18)24-10-6-3-7-19(21)24/h3-10,16-18H,11-15H2,1-2H3. The molecule has 184 valence electrons. The number of ether oxygens (including phenoxy) is 1. The molecule has 0 aliphatic carbocycles. The molecule has 0 fully saturated rings. The summed E-state index contributed by atoms with van der Waals surface area (Å²) in [6, 6.07) is 16.5. The first-order valence-corrected chi connectivity index (χ1v) is 13.0. The zero-order chi connectivity index (χ0) is 24.8. The Hall–Kier alpha value is -2.95. The van der Waals surface area contributed by atoms with Crippen molar-refractivity contribution in [2.45, 2.75) is 25.6 Å². The minimum absolute atomic E-state index is 0.103. The van der Waals surface area contributed by atoms with Crippen LogP contribution in [-0.4, -0.2) is 59.2 Å². The number of nitrogens with zero attached hydrogens (tertiary/aromatic N) is 4. The molecule has 0 spiro atoms. The number of aryl methyl sites for hydroxylation is 1. The smallest absolute Gasteiger partial charge is 0.281 e. The summed E-state index contributed by atoms with van der Waals surface area (Å²) in [5.41, 5.74) is 5.36. The van der Waals surface area contributed by atoms with Crippen LogP contribution < -0.4 is 0 Å². The van der Waals surface area contributed by atoms with Gasteiger partial charge in [-0.05, 0) is 32.6 Å². The lowest BCUT2D eigenvalue weighted by Crippen LogP contribution is -2.30. The zero-order valence-corrected chi connectivity index (χ0v) is 22.4. The van der Waals surface area contributed by atoms with Crippen molar-refractivity contribution < 1.29 is 12.6 Å². The summed E-state index contributed by atoms with van der Waals surface area (Å²) in [6.07, 6.45) is 5.19. The molecule has 6 rings (SSSR count). The van der Waals surface area contributed by atoms with E-state index in [1.54, 1.807) is 0 Å². The van der Waals surface area contributed by atoms with Crippen molar-refractivity contribution in [1.82, 2.24) is 14.0 Å². The van der Waals surface area contributed by atoms with E-state index in [2.05, 4.69) is 75.8 Å². The van der Waals surface area contributed by atoms with E-state index in [1.165, 1.54) is 0 Å². The highest BCUT2D eigenvalue weighted by Crippen LogP contribution is 2.41. The second-order valence-electron chi connectivity index (χ2n) is 9.60. The maximum Gasteiger partial charge on any atom is 0.281 e. The molecule has 0 saturated heterocycles. The van der Waals surface area contributed by atoms with E-state index < -0.39 is 0 Å². The van der Waals surface area contributed by atoms with Gasteiger partial charge in [0.1, 0.15) is 0 Å². The monoisotopic (exact) mass is 594 g/mol. The zero-order valence-electron chi connectivity index (χ0n) is 20.3. The Kier molecular flexibility index (Phi) is 6.18. The van der Waals surface area contributed by atoms with Crippen LogP contribution in [0.4, 0.5) is 0 Å². The van der Waals surface area contributed by atoms with Gasteiger partial charge in [0.15, 0.2) is 23.0 Å². The van der Waals surface area contributed by atoms with Gasteiger partial charge in [0.2, 0.25) is 5.90 Å². The molecular weight excluding hydrogens is 567 g/mol. The Morgan fingerprint density at radius 3 is 2.22 bits per heavy atom. The maximum atomic E-state index is 13.4. The van der Waals surface area contributed by atoms with Crippen LogP contribution in [0.3, 0.4) is 0 Å². The van der Waals surface area contributed by atoms with Crippen molar-refractivity contribution in [2.75, 3.05) is 27.2 Å². The van der Waals surface area contributed by atoms with Gasteiger partial charge in [-0.15, -0.1) is 0 Å². The Labute approximate surface area is 223 Å². The highest BCUT2D eigenvalue weighted by Gasteiger charge is 2.34. The van der Waals surface area contributed by atoms with Gasteiger partial charge in [-0.1, -0.05) is 36.4 Å². The lowest BCUT2D eigenvalue weighted by atomic mass is 9.95. The third-order valence-electron chi connectivity index (χ3n) is 7.02. The molecule has 7 nitrogen and oxygen atoms in total. The van der Waals surface area contributed by atoms with Gasteiger partial charge in [0.25, 0.3) is 5.91 Å². The molecular formula is C28H27IN4O3. The molecule has 4 bridgehead atoms. The van der Waals surface area contributed by atoms with E-state index in [0.717, 1.165) is 58.0 Å².